The van der Waals surface area contributed by atoms with Crippen LogP contribution < -0.4 is 5.32 Å². The summed E-state index contributed by atoms with van der Waals surface area (Å²) >= 11 is 9.26. The van der Waals surface area contributed by atoms with Gasteiger partial charge in [-0.3, -0.25) is 4.79 Å². The maximum atomic E-state index is 13.6. The zero-order valence-corrected chi connectivity index (χ0v) is 13.4. The molecule has 0 radical (unpaired) electrons. The average Bonchev–Trinajstić information content (AvgIpc) is 2.43. The summed E-state index contributed by atoms with van der Waals surface area (Å²) in [7, 11) is 0. The number of benzene rings is 1. The predicted octanol–water partition coefficient (Wildman–Crippen LogP) is 4.41. The quantitative estimate of drug-likeness (QED) is 0.757. The van der Waals surface area contributed by atoms with E-state index in [0.29, 0.717) is 11.6 Å². The lowest BCUT2D eigenvalue weighted by Gasteiger charge is -2.29. The van der Waals surface area contributed by atoms with Gasteiger partial charge in [-0.2, -0.15) is 0 Å². The normalized spacial score (nSPS) is 11.4. The highest BCUT2D eigenvalue weighted by atomic mass is 79.9. The Hall–Kier alpha value is -0.610. The van der Waals surface area contributed by atoms with Crippen LogP contribution in [0.25, 0.3) is 0 Å². The molecule has 0 aliphatic rings. The number of nitrogens with one attached hydrogen (secondary N) is 1. The molecule has 0 unspecified atom stereocenters. The lowest BCUT2D eigenvalue weighted by molar-refractivity contribution is 0.0928. The molecule has 0 aromatic heterocycles. The zero-order valence-electron chi connectivity index (χ0n) is 11.1. The fraction of sp³-hybridized carbons (Fsp3) is 0.500. The molecule has 0 aliphatic carbocycles. The van der Waals surface area contributed by atoms with E-state index in [2.05, 4.69) is 35.1 Å². The minimum absolute atomic E-state index is 0.00467. The van der Waals surface area contributed by atoms with Gasteiger partial charge in [-0.25, -0.2) is 4.39 Å². The number of carbonyl (C=O) groups is 1. The van der Waals surface area contributed by atoms with E-state index in [9.17, 15) is 9.18 Å². The van der Waals surface area contributed by atoms with Gasteiger partial charge in [0.1, 0.15) is 5.82 Å². The van der Waals surface area contributed by atoms with Crippen molar-refractivity contribution in [3.05, 3.63) is 34.6 Å². The SMILES string of the molecule is CCC(CC)(CBr)CNC(=O)c1cc(Cl)ccc1F. The van der Waals surface area contributed by atoms with Gasteiger partial charge in [-0.15, -0.1) is 0 Å². The van der Waals surface area contributed by atoms with E-state index in [-0.39, 0.29) is 11.0 Å². The molecule has 0 fully saturated rings. The van der Waals surface area contributed by atoms with E-state index in [1.54, 1.807) is 0 Å². The first-order valence-corrected chi connectivity index (χ1v) is 7.77. The first-order chi connectivity index (χ1) is 8.98. The minimum Gasteiger partial charge on any atom is -0.351 e. The molecule has 1 amide bonds. The molecule has 1 N–H and O–H groups in total. The Kier molecular flexibility index (Phi) is 6.27. The van der Waals surface area contributed by atoms with Gasteiger partial charge >= 0.3 is 0 Å². The van der Waals surface area contributed by atoms with Crippen LogP contribution in [0.4, 0.5) is 4.39 Å². The largest absolute Gasteiger partial charge is 0.351 e. The molecular formula is C14H18BrClFNO. The predicted molar refractivity (Wildman–Crippen MR) is 80.6 cm³/mol. The maximum Gasteiger partial charge on any atom is 0.254 e. The third-order valence-electron chi connectivity index (χ3n) is 3.58. The van der Waals surface area contributed by atoms with E-state index in [0.717, 1.165) is 18.2 Å². The Bertz CT molecular complexity index is 441. The van der Waals surface area contributed by atoms with Crippen molar-refractivity contribution in [2.45, 2.75) is 26.7 Å². The Morgan fingerprint density at radius 2 is 2.05 bits per heavy atom. The molecule has 19 heavy (non-hydrogen) atoms. The van der Waals surface area contributed by atoms with E-state index >= 15 is 0 Å². The summed E-state index contributed by atoms with van der Waals surface area (Å²) < 4.78 is 13.6. The molecule has 0 saturated carbocycles. The van der Waals surface area contributed by atoms with Crippen LogP contribution in [-0.2, 0) is 0 Å². The van der Waals surface area contributed by atoms with Crippen LogP contribution in [0.2, 0.25) is 5.02 Å². The van der Waals surface area contributed by atoms with Gasteiger partial charge in [0.2, 0.25) is 0 Å². The summed E-state index contributed by atoms with van der Waals surface area (Å²) in [5.41, 5.74) is -0.00627. The molecule has 0 aliphatic heterocycles. The first kappa shape index (κ1) is 16.4. The number of carbonyl (C=O) groups excluding carboxylic acids is 1. The summed E-state index contributed by atoms with van der Waals surface area (Å²) in [5.74, 6) is -0.980. The average molecular weight is 351 g/mol. The minimum atomic E-state index is -0.556. The topological polar surface area (TPSA) is 29.1 Å². The van der Waals surface area contributed by atoms with Crippen LogP contribution in [0.5, 0.6) is 0 Å². The van der Waals surface area contributed by atoms with E-state index < -0.39 is 11.7 Å². The molecule has 1 aromatic rings. The lowest BCUT2D eigenvalue weighted by atomic mass is 9.84. The van der Waals surface area contributed by atoms with Gasteiger partial charge in [0.05, 0.1) is 5.56 Å². The molecule has 1 aromatic carbocycles. The van der Waals surface area contributed by atoms with Crippen molar-refractivity contribution >= 4 is 33.4 Å². The molecule has 0 spiro atoms. The Balaban J connectivity index is 2.77. The van der Waals surface area contributed by atoms with E-state index in [4.69, 9.17) is 11.6 Å². The molecule has 0 bridgehead atoms. The monoisotopic (exact) mass is 349 g/mol. The molecule has 5 heteroatoms. The van der Waals surface area contributed by atoms with Gasteiger partial charge in [0.15, 0.2) is 0 Å². The summed E-state index contributed by atoms with van der Waals surface area (Å²) in [6.45, 7) is 4.67. The molecular weight excluding hydrogens is 333 g/mol. The number of amides is 1. The highest BCUT2D eigenvalue weighted by Gasteiger charge is 2.26. The number of rotatable bonds is 6. The van der Waals surface area contributed by atoms with Crippen molar-refractivity contribution in [3.63, 3.8) is 0 Å². The summed E-state index contributed by atoms with van der Waals surface area (Å²) in [6, 6.07) is 3.98. The highest BCUT2D eigenvalue weighted by molar-refractivity contribution is 9.09. The summed E-state index contributed by atoms with van der Waals surface area (Å²) in [5, 5.41) is 3.94. The number of halogens is 3. The van der Waals surface area contributed by atoms with Gasteiger partial charge in [0, 0.05) is 16.9 Å². The fourth-order valence-corrected chi connectivity index (χ4v) is 2.93. The van der Waals surface area contributed by atoms with Crippen molar-refractivity contribution in [1.29, 1.82) is 0 Å². The van der Waals surface area contributed by atoms with Crippen LogP contribution in [-0.4, -0.2) is 17.8 Å². The molecule has 0 heterocycles. The molecule has 106 valence electrons. The second-order valence-corrected chi connectivity index (χ2v) is 5.64. The second-order valence-electron chi connectivity index (χ2n) is 4.65. The summed E-state index contributed by atoms with van der Waals surface area (Å²) in [4.78, 5) is 12.0. The van der Waals surface area contributed by atoms with Gasteiger partial charge in [-0.1, -0.05) is 41.4 Å². The Morgan fingerprint density at radius 3 is 2.58 bits per heavy atom. The molecule has 1 rings (SSSR count). The van der Waals surface area contributed by atoms with Crippen molar-refractivity contribution in [2.24, 2.45) is 5.41 Å². The number of hydrogen-bond acceptors (Lipinski definition) is 1. The third kappa shape index (κ3) is 4.18. The zero-order chi connectivity index (χ0) is 14.5. The molecule has 2 nitrogen and oxygen atoms in total. The van der Waals surface area contributed by atoms with E-state index in [1.165, 1.54) is 18.2 Å². The van der Waals surface area contributed by atoms with Gasteiger partial charge in [0.25, 0.3) is 5.91 Å². The maximum absolute atomic E-state index is 13.6. The Labute approximate surface area is 126 Å². The second kappa shape index (κ2) is 7.25. The summed E-state index contributed by atoms with van der Waals surface area (Å²) in [6.07, 6.45) is 1.88. The third-order valence-corrected chi connectivity index (χ3v) is 5.01. The van der Waals surface area contributed by atoms with Gasteiger partial charge < -0.3 is 5.32 Å². The number of hydrogen-bond donors (Lipinski definition) is 1. The number of alkyl halides is 1. The molecule has 0 atom stereocenters. The van der Waals surface area contributed by atoms with Crippen LogP contribution in [0.3, 0.4) is 0 Å². The van der Waals surface area contributed by atoms with Crippen LogP contribution in [0.1, 0.15) is 37.0 Å². The van der Waals surface area contributed by atoms with Crippen molar-refractivity contribution in [1.82, 2.24) is 5.32 Å². The van der Waals surface area contributed by atoms with Crippen molar-refractivity contribution in [2.75, 3.05) is 11.9 Å². The highest BCUT2D eigenvalue weighted by Crippen LogP contribution is 2.28. The van der Waals surface area contributed by atoms with Crippen molar-refractivity contribution < 1.29 is 9.18 Å². The smallest absolute Gasteiger partial charge is 0.254 e. The fourth-order valence-electron chi connectivity index (χ4n) is 1.77. The van der Waals surface area contributed by atoms with Crippen molar-refractivity contribution in [3.8, 4) is 0 Å². The van der Waals surface area contributed by atoms with Crippen LogP contribution in [0, 0.1) is 11.2 Å². The van der Waals surface area contributed by atoms with Crippen LogP contribution in [0.15, 0.2) is 18.2 Å². The van der Waals surface area contributed by atoms with E-state index in [1.807, 2.05) is 0 Å². The first-order valence-electron chi connectivity index (χ1n) is 6.27. The van der Waals surface area contributed by atoms with Crippen LogP contribution >= 0.6 is 27.5 Å². The standard InChI is InChI=1S/C14H18BrClFNO/c1-3-14(4-2,8-15)9-18-13(19)11-7-10(16)5-6-12(11)17/h5-7H,3-4,8-9H2,1-2H3,(H,18,19). The molecule has 0 saturated heterocycles. The Morgan fingerprint density at radius 1 is 1.42 bits per heavy atom. The van der Waals surface area contributed by atoms with Gasteiger partial charge in [-0.05, 0) is 36.5 Å². The lowest BCUT2D eigenvalue weighted by Crippen LogP contribution is -2.38.